The average Bonchev–Trinajstić information content (AvgIpc) is 3.02. The lowest BCUT2D eigenvalue weighted by Crippen LogP contribution is -2.64. The number of carbonyl (C=O) groups is 2. The Hall–Kier alpha value is -2.57. The number of carbonyl (C=O) groups excluding carboxylic acids is 2. The highest BCUT2D eigenvalue weighted by molar-refractivity contribution is 6.03. The number of nitrogens with zero attached hydrogens (tertiary/aromatic N) is 4. The fraction of sp³-hybridized carbons (Fsp3) is 0.550. The van der Waals surface area contributed by atoms with E-state index in [1.54, 1.807) is 11.9 Å². The van der Waals surface area contributed by atoms with Gasteiger partial charge in [-0.05, 0) is 18.4 Å². The van der Waals surface area contributed by atoms with E-state index in [-0.39, 0.29) is 18.5 Å². The Morgan fingerprint density at radius 3 is 2.44 bits per heavy atom. The highest BCUT2D eigenvalue weighted by Crippen LogP contribution is 2.28. The minimum absolute atomic E-state index is 0.182. The normalized spacial score (nSPS) is 26.3. The Balaban J connectivity index is 1.52. The van der Waals surface area contributed by atoms with Crippen molar-refractivity contribution in [2.45, 2.75) is 56.9 Å². The molecule has 2 atom stereocenters. The molecule has 1 aromatic carbocycles. The summed E-state index contributed by atoms with van der Waals surface area (Å²) in [6.07, 6.45) is 5.53. The van der Waals surface area contributed by atoms with Crippen LogP contribution in [-0.2, 0) is 11.3 Å². The predicted molar refractivity (Wildman–Crippen MR) is 103 cm³/mol. The summed E-state index contributed by atoms with van der Waals surface area (Å²) in [4.78, 5) is 35.5. The van der Waals surface area contributed by atoms with Gasteiger partial charge < -0.3 is 15.1 Å². The number of benzene rings is 1. The second-order valence-electron chi connectivity index (χ2n) is 7.70. The Kier molecular flexibility index (Phi) is 4.76. The minimum Gasteiger partial charge on any atom is -0.353 e. The smallest absolute Gasteiger partial charge is 0.328 e. The molecule has 1 N–H and O–H groups in total. The number of hydrogen-bond donors (Lipinski definition) is 1. The van der Waals surface area contributed by atoms with Gasteiger partial charge in [0.2, 0.25) is 0 Å². The number of aliphatic imine (C=N–C) groups is 1. The lowest BCUT2D eigenvalue weighted by Gasteiger charge is -2.40. The third-order valence-electron chi connectivity index (χ3n) is 5.86. The molecule has 2 fully saturated rings. The fourth-order valence-electron chi connectivity index (χ4n) is 4.25. The number of nitrogens with one attached hydrogen (secondary N) is 1. The van der Waals surface area contributed by atoms with Crippen molar-refractivity contribution in [3.63, 3.8) is 0 Å². The van der Waals surface area contributed by atoms with E-state index in [0.717, 1.165) is 24.4 Å². The van der Waals surface area contributed by atoms with Crippen molar-refractivity contribution in [2.24, 2.45) is 4.99 Å². The molecule has 2 heterocycles. The number of fused-ring (bicyclic) bond motifs is 1. The van der Waals surface area contributed by atoms with Crippen LogP contribution in [0.2, 0.25) is 0 Å². The first-order valence-electron chi connectivity index (χ1n) is 9.75. The molecule has 144 valence electrons. The molecule has 1 aliphatic carbocycles. The molecule has 3 amide bonds. The SMILES string of the molecule is CN1C(=O)N(Cc2ccccc2)C(=O)C2C1N=C(NC1CCCCC1)N2C. The first kappa shape index (κ1) is 17.8. The molecule has 0 radical (unpaired) electrons. The van der Waals surface area contributed by atoms with E-state index in [4.69, 9.17) is 4.99 Å². The van der Waals surface area contributed by atoms with Crippen LogP contribution >= 0.6 is 0 Å². The van der Waals surface area contributed by atoms with Gasteiger partial charge in [0.15, 0.2) is 18.2 Å². The van der Waals surface area contributed by atoms with Crippen LogP contribution in [0.1, 0.15) is 37.7 Å². The van der Waals surface area contributed by atoms with Gasteiger partial charge in [-0.15, -0.1) is 0 Å². The number of amides is 3. The maximum Gasteiger partial charge on any atom is 0.328 e. The van der Waals surface area contributed by atoms with E-state index in [2.05, 4.69) is 5.32 Å². The Morgan fingerprint density at radius 1 is 1.04 bits per heavy atom. The summed E-state index contributed by atoms with van der Waals surface area (Å²) in [5.41, 5.74) is 0.938. The van der Waals surface area contributed by atoms with Crippen LogP contribution < -0.4 is 5.32 Å². The maximum absolute atomic E-state index is 13.2. The molecule has 4 rings (SSSR count). The maximum atomic E-state index is 13.2. The minimum atomic E-state index is -0.470. The van der Waals surface area contributed by atoms with Crippen molar-refractivity contribution in [1.82, 2.24) is 20.0 Å². The van der Waals surface area contributed by atoms with E-state index in [9.17, 15) is 9.59 Å². The van der Waals surface area contributed by atoms with Crippen LogP contribution in [0.3, 0.4) is 0 Å². The third kappa shape index (κ3) is 3.26. The molecule has 1 saturated carbocycles. The zero-order valence-corrected chi connectivity index (χ0v) is 16.0. The van der Waals surface area contributed by atoms with E-state index in [0.29, 0.717) is 6.04 Å². The number of imide groups is 1. The van der Waals surface area contributed by atoms with Crippen LogP contribution in [0.25, 0.3) is 0 Å². The summed E-state index contributed by atoms with van der Waals surface area (Å²) in [5, 5.41) is 3.51. The molecule has 7 heteroatoms. The summed E-state index contributed by atoms with van der Waals surface area (Å²) >= 11 is 0. The second-order valence-corrected chi connectivity index (χ2v) is 7.70. The first-order chi connectivity index (χ1) is 13.1. The average molecular weight is 369 g/mol. The van der Waals surface area contributed by atoms with Crippen molar-refractivity contribution in [3.8, 4) is 0 Å². The molecule has 27 heavy (non-hydrogen) atoms. The number of rotatable bonds is 3. The molecule has 2 unspecified atom stereocenters. The summed E-state index contributed by atoms with van der Waals surface area (Å²) in [5.74, 6) is 0.546. The molecule has 1 aromatic rings. The standard InChI is InChI=1S/C20H27N5O2/c1-23-16-17(22-19(23)21-15-11-7-4-8-12-15)24(2)20(27)25(18(16)26)13-14-9-5-3-6-10-14/h3,5-6,9-10,15-17H,4,7-8,11-13H2,1-2H3,(H,21,22). The fourth-order valence-corrected chi connectivity index (χ4v) is 4.25. The number of guanidine groups is 1. The lowest BCUT2D eigenvalue weighted by molar-refractivity contribution is -0.137. The molecule has 0 aromatic heterocycles. The molecular weight excluding hydrogens is 342 g/mol. The number of likely N-dealkylation sites (N-methyl/N-ethyl adjacent to an activating group) is 2. The van der Waals surface area contributed by atoms with Gasteiger partial charge in [-0.3, -0.25) is 9.69 Å². The third-order valence-corrected chi connectivity index (χ3v) is 5.86. The Labute approximate surface area is 160 Å². The van der Waals surface area contributed by atoms with E-state index < -0.39 is 12.2 Å². The van der Waals surface area contributed by atoms with Gasteiger partial charge in [0, 0.05) is 20.1 Å². The monoisotopic (exact) mass is 369 g/mol. The van der Waals surface area contributed by atoms with E-state index >= 15 is 0 Å². The molecular formula is C20H27N5O2. The number of urea groups is 1. The van der Waals surface area contributed by atoms with Gasteiger partial charge in [-0.1, -0.05) is 49.6 Å². The van der Waals surface area contributed by atoms with Crippen molar-refractivity contribution in [3.05, 3.63) is 35.9 Å². The summed E-state index contributed by atoms with van der Waals surface area (Å²) in [7, 11) is 3.62. The zero-order valence-electron chi connectivity index (χ0n) is 16.0. The molecule has 0 spiro atoms. The highest BCUT2D eigenvalue weighted by Gasteiger charge is 2.51. The van der Waals surface area contributed by atoms with Gasteiger partial charge in [-0.2, -0.15) is 0 Å². The molecule has 2 aliphatic heterocycles. The van der Waals surface area contributed by atoms with Gasteiger partial charge in [0.05, 0.1) is 6.54 Å². The van der Waals surface area contributed by atoms with Crippen LogP contribution in [0.5, 0.6) is 0 Å². The second kappa shape index (κ2) is 7.21. The molecule has 3 aliphatic rings. The quantitative estimate of drug-likeness (QED) is 0.885. The van der Waals surface area contributed by atoms with E-state index in [1.807, 2.05) is 42.3 Å². The van der Waals surface area contributed by atoms with Crippen molar-refractivity contribution in [1.29, 1.82) is 0 Å². The van der Waals surface area contributed by atoms with Gasteiger partial charge >= 0.3 is 6.03 Å². The zero-order chi connectivity index (χ0) is 19.0. The topological polar surface area (TPSA) is 68.2 Å². The van der Waals surface area contributed by atoms with Gasteiger partial charge in [0.25, 0.3) is 5.91 Å². The van der Waals surface area contributed by atoms with Crippen LogP contribution in [0, 0.1) is 0 Å². The number of hydrogen-bond acceptors (Lipinski definition) is 5. The van der Waals surface area contributed by atoms with Crippen molar-refractivity contribution >= 4 is 17.9 Å². The molecule has 1 saturated heterocycles. The van der Waals surface area contributed by atoms with Crippen LogP contribution in [0.15, 0.2) is 35.3 Å². The molecule has 7 nitrogen and oxygen atoms in total. The van der Waals surface area contributed by atoms with Crippen molar-refractivity contribution < 1.29 is 9.59 Å². The van der Waals surface area contributed by atoms with Crippen LogP contribution in [-0.4, -0.2) is 64.9 Å². The predicted octanol–water partition coefficient (Wildman–Crippen LogP) is 2.00. The lowest BCUT2D eigenvalue weighted by atomic mass is 9.96. The summed E-state index contributed by atoms with van der Waals surface area (Å²) in [6.45, 7) is 0.283. The largest absolute Gasteiger partial charge is 0.353 e. The highest BCUT2D eigenvalue weighted by atomic mass is 16.2. The Morgan fingerprint density at radius 2 is 1.74 bits per heavy atom. The first-order valence-corrected chi connectivity index (χ1v) is 9.75. The Bertz CT molecular complexity index is 744. The van der Waals surface area contributed by atoms with Gasteiger partial charge in [-0.25, -0.2) is 9.79 Å². The molecule has 0 bridgehead atoms. The van der Waals surface area contributed by atoms with Crippen LogP contribution in [0.4, 0.5) is 4.79 Å². The van der Waals surface area contributed by atoms with Gasteiger partial charge in [0.1, 0.15) is 0 Å². The van der Waals surface area contributed by atoms with E-state index in [1.165, 1.54) is 24.2 Å². The summed E-state index contributed by atoms with van der Waals surface area (Å²) in [6, 6.07) is 9.25. The summed E-state index contributed by atoms with van der Waals surface area (Å²) < 4.78 is 0. The van der Waals surface area contributed by atoms with Crippen molar-refractivity contribution in [2.75, 3.05) is 14.1 Å².